The SMILES string of the molecule is CCN1C(=CC=Cc2n(CC)c3cc(Cl)c(Cl)cc3[n+]2CCS(=O)(=O)[O-])N(CCS(=O)(=O)[O-])c2cc(Cl)c(Cl)cc21. The highest BCUT2D eigenvalue weighted by Gasteiger charge is 2.31. The molecule has 3 aromatic rings. The van der Waals surface area contributed by atoms with E-state index in [1.54, 1.807) is 52.0 Å². The molecule has 0 saturated carbocycles. The van der Waals surface area contributed by atoms with E-state index >= 15 is 0 Å². The van der Waals surface area contributed by atoms with Crippen LogP contribution in [0, 0.1) is 0 Å². The van der Waals surface area contributed by atoms with Crippen LogP contribution in [-0.2, 0) is 33.3 Å². The molecule has 0 aliphatic carbocycles. The molecule has 0 spiro atoms. The van der Waals surface area contributed by atoms with E-state index in [0.29, 0.717) is 57.2 Å². The lowest BCUT2D eigenvalue weighted by Crippen LogP contribution is -2.39. The number of aromatic nitrogens is 2. The molecule has 10 nitrogen and oxygen atoms in total. The second-order valence-corrected chi connectivity index (χ2v) is 13.7. The zero-order chi connectivity index (χ0) is 30.3. The van der Waals surface area contributed by atoms with Gasteiger partial charge < -0.3 is 18.9 Å². The topological polar surface area (TPSA) is 130 Å². The van der Waals surface area contributed by atoms with Crippen molar-refractivity contribution in [2.75, 3.05) is 34.4 Å². The van der Waals surface area contributed by atoms with Crippen molar-refractivity contribution in [1.29, 1.82) is 0 Å². The van der Waals surface area contributed by atoms with E-state index in [9.17, 15) is 25.9 Å². The van der Waals surface area contributed by atoms with E-state index in [4.69, 9.17) is 46.4 Å². The summed E-state index contributed by atoms with van der Waals surface area (Å²) in [6.45, 7) is 4.52. The predicted octanol–water partition coefficient (Wildman–Crippen LogP) is 4.85. The zero-order valence-electron chi connectivity index (χ0n) is 21.9. The fourth-order valence-corrected chi connectivity index (χ4v) is 6.27. The van der Waals surface area contributed by atoms with E-state index in [2.05, 4.69) is 0 Å². The normalized spacial score (nSPS) is 15.2. The molecule has 0 saturated heterocycles. The molecule has 1 aliphatic heterocycles. The average molecular weight is 683 g/mol. The molecule has 1 aromatic heterocycles. The molecule has 0 amide bonds. The maximum absolute atomic E-state index is 11.5. The summed E-state index contributed by atoms with van der Waals surface area (Å²) < 4.78 is 72.5. The van der Waals surface area contributed by atoms with E-state index < -0.39 is 31.7 Å². The van der Waals surface area contributed by atoms with Gasteiger partial charge in [-0.3, -0.25) is 0 Å². The average Bonchev–Trinajstić information content (AvgIpc) is 3.31. The summed E-state index contributed by atoms with van der Waals surface area (Å²) in [5, 5.41) is 1.17. The molecular formula is C25H25Cl4N4O6S2-. The van der Waals surface area contributed by atoms with Crippen molar-refractivity contribution in [3.63, 3.8) is 0 Å². The standard InChI is InChI=1S/C25H26Cl4N4O6S2/c1-3-30-20-12-16(26)18(28)14-22(20)32(8-10-40(34,35)36)24(30)6-5-7-25-31(4-2)21-13-17(27)19(29)15-23(21)33(25)9-11-41(37,38)39/h5-7,12-15H,3-4,8-11H2,1-2H3,(H-,34,35,36,37,38,39)/p-1. The molecule has 0 atom stereocenters. The third kappa shape index (κ3) is 6.97. The van der Waals surface area contributed by atoms with Crippen LogP contribution < -0.4 is 14.4 Å². The minimum Gasteiger partial charge on any atom is -0.748 e. The van der Waals surface area contributed by atoms with Gasteiger partial charge in [0, 0.05) is 31.3 Å². The second kappa shape index (κ2) is 12.3. The molecule has 2 aromatic carbocycles. The Morgan fingerprint density at radius 3 is 1.93 bits per heavy atom. The molecule has 4 rings (SSSR count). The molecule has 0 radical (unpaired) electrons. The number of hydrogen-bond acceptors (Lipinski definition) is 8. The monoisotopic (exact) mass is 681 g/mol. The van der Waals surface area contributed by atoms with Crippen LogP contribution in [0.1, 0.15) is 19.7 Å². The number of fused-ring (bicyclic) bond motifs is 2. The van der Waals surface area contributed by atoms with Crippen LogP contribution in [0.2, 0.25) is 20.1 Å². The van der Waals surface area contributed by atoms with Crippen molar-refractivity contribution < 1.29 is 30.5 Å². The van der Waals surface area contributed by atoms with Gasteiger partial charge in [-0.25, -0.2) is 26.0 Å². The Kier molecular flexibility index (Phi) is 9.56. The molecule has 1 aliphatic rings. The number of aryl methyl sites for hydroxylation is 2. The quantitative estimate of drug-likeness (QED) is 0.219. The van der Waals surface area contributed by atoms with Gasteiger partial charge in [-0.15, -0.1) is 0 Å². The Morgan fingerprint density at radius 1 is 0.805 bits per heavy atom. The maximum atomic E-state index is 11.5. The van der Waals surface area contributed by atoms with Gasteiger partial charge in [0.2, 0.25) is 0 Å². The molecular weight excluding hydrogens is 658 g/mol. The number of imidazole rings is 1. The minimum absolute atomic E-state index is 0.124. The van der Waals surface area contributed by atoms with Gasteiger partial charge in [0.15, 0.2) is 11.0 Å². The van der Waals surface area contributed by atoms with Crippen molar-refractivity contribution >= 4 is 95.1 Å². The van der Waals surface area contributed by atoms with Gasteiger partial charge in [0.25, 0.3) is 5.82 Å². The number of rotatable bonds is 10. The van der Waals surface area contributed by atoms with Crippen LogP contribution >= 0.6 is 46.4 Å². The smallest absolute Gasteiger partial charge is 0.282 e. The van der Waals surface area contributed by atoms with Crippen molar-refractivity contribution in [2.24, 2.45) is 0 Å². The van der Waals surface area contributed by atoms with Crippen molar-refractivity contribution in [3.05, 3.63) is 68.2 Å². The fourth-order valence-electron chi connectivity index (χ4n) is 4.82. The highest BCUT2D eigenvalue weighted by Crippen LogP contribution is 2.45. The number of nitrogens with zero attached hydrogens (tertiary/aromatic N) is 4. The fraction of sp³-hybridized carbons (Fsp3) is 0.320. The third-order valence-corrected chi connectivity index (χ3v) is 9.37. The van der Waals surface area contributed by atoms with Gasteiger partial charge in [0.1, 0.15) is 12.4 Å². The summed E-state index contributed by atoms with van der Waals surface area (Å²) in [6, 6.07) is 6.57. The van der Waals surface area contributed by atoms with E-state index in [0.717, 1.165) is 0 Å². The Labute approximate surface area is 258 Å². The van der Waals surface area contributed by atoms with Gasteiger partial charge in [-0.2, -0.15) is 0 Å². The summed E-state index contributed by atoms with van der Waals surface area (Å²) >= 11 is 25.1. The zero-order valence-corrected chi connectivity index (χ0v) is 26.5. The van der Waals surface area contributed by atoms with Crippen LogP contribution in [0.15, 0.2) is 42.2 Å². The Balaban J connectivity index is 1.85. The maximum Gasteiger partial charge on any atom is 0.282 e. The van der Waals surface area contributed by atoms with Crippen molar-refractivity contribution in [2.45, 2.75) is 26.9 Å². The van der Waals surface area contributed by atoms with Crippen molar-refractivity contribution in [1.82, 2.24) is 4.57 Å². The lowest BCUT2D eigenvalue weighted by molar-refractivity contribution is -0.669. The van der Waals surface area contributed by atoms with Gasteiger partial charge in [-0.05, 0) is 32.1 Å². The number of anilines is 2. The Morgan fingerprint density at radius 2 is 1.37 bits per heavy atom. The molecule has 41 heavy (non-hydrogen) atoms. The number of benzene rings is 2. The summed E-state index contributed by atoms with van der Waals surface area (Å²) in [4.78, 5) is 3.57. The van der Waals surface area contributed by atoms with Crippen LogP contribution in [0.4, 0.5) is 11.4 Å². The highest BCUT2D eigenvalue weighted by molar-refractivity contribution is 7.85. The van der Waals surface area contributed by atoms with E-state index in [-0.39, 0.29) is 23.1 Å². The van der Waals surface area contributed by atoms with Crippen LogP contribution in [0.5, 0.6) is 0 Å². The molecule has 222 valence electrons. The first-order valence-corrected chi connectivity index (χ1v) is 17.0. The summed E-state index contributed by atoms with van der Waals surface area (Å²) in [6.07, 6.45) is 5.17. The minimum atomic E-state index is -4.52. The summed E-state index contributed by atoms with van der Waals surface area (Å²) in [7, 11) is -9.03. The molecule has 2 heterocycles. The number of allylic oxidation sites excluding steroid dienone is 2. The predicted molar refractivity (Wildman–Crippen MR) is 161 cm³/mol. The molecule has 0 bridgehead atoms. The highest BCUT2D eigenvalue weighted by atomic mass is 35.5. The first-order chi connectivity index (χ1) is 19.1. The van der Waals surface area contributed by atoms with E-state index in [1.165, 1.54) is 0 Å². The summed E-state index contributed by atoms with van der Waals surface area (Å²) in [5.74, 6) is -0.138. The van der Waals surface area contributed by atoms with Crippen LogP contribution in [0.3, 0.4) is 0 Å². The molecule has 0 N–H and O–H groups in total. The number of hydrogen-bond donors (Lipinski definition) is 0. The first kappa shape index (κ1) is 31.9. The van der Waals surface area contributed by atoms with Crippen LogP contribution in [-0.4, -0.2) is 55.1 Å². The molecule has 16 heteroatoms. The summed E-state index contributed by atoms with van der Waals surface area (Å²) in [5.41, 5.74) is 2.56. The van der Waals surface area contributed by atoms with E-state index in [1.807, 2.05) is 23.3 Å². The Hall–Kier alpha value is -2.03. The molecule has 0 fully saturated rings. The van der Waals surface area contributed by atoms with Gasteiger partial charge in [-0.1, -0.05) is 52.5 Å². The lowest BCUT2D eigenvalue weighted by Gasteiger charge is -2.24. The molecule has 0 unspecified atom stereocenters. The lowest BCUT2D eigenvalue weighted by atomic mass is 10.2. The van der Waals surface area contributed by atoms with Gasteiger partial charge >= 0.3 is 0 Å². The Bertz CT molecular complexity index is 1790. The largest absolute Gasteiger partial charge is 0.748 e. The third-order valence-electron chi connectivity index (χ3n) is 6.56. The van der Waals surface area contributed by atoms with Gasteiger partial charge in [0.05, 0.1) is 69.8 Å². The van der Waals surface area contributed by atoms with Crippen molar-refractivity contribution in [3.8, 4) is 0 Å². The number of halogens is 4. The second-order valence-electron chi connectivity index (χ2n) is 9.07. The first-order valence-electron chi connectivity index (χ1n) is 12.4. The van der Waals surface area contributed by atoms with Crippen LogP contribution in [0.25, 0.3) is 17.1 Å².